The van der Waals surface area contributed by atoms with Gasteiger partial charge in [0.05, 0.1) is 17.8 Å². The summed E-state index contributed by atoms with van der Waals surface area (Å²) < 4.78 is 39.0. The van der Waals surface area contributed by atoms with Gasteiger partial charge in [0.25, 0.3) is 0 Å². The minimum atomic E-state index is -3.43. The number of sulfonamides is 1. The van der Waals surface area contributed by atoms with Gasteiger partial charge < -0.3 is 9.15 Å². The van der Waals surface area contributed by atoms with E-state index in [9.17, 15) is 8.42 Å². The molecular weight excluding hydrogens is 426 g/mol. The summed E-state index contributed by atoms with van der Waals surface area (Å²) in [5.74, 6) is 1.23. The van der Waals surface area contributed by atoms with E-state index in [0.29, 0.717) is 43.8 Å². The molecule has 1 N–H and O–H groups in total. The lowest BCUT2D eigenvalue weighted by Crippen LogP contribution is -2.39. The Labute approximate surface area is 189 Å². The maximum Gasteiger partial charge on any atom is 0.243 e. The summed E-state index contributed by atoms with van der Waals surface area (Å²) in [6, 6.07) is 11.0. The molecule has 0 amide bonds. The fourth-order valence-electron chi connectivity index (χ4n) is 4.25. The van der Waals surface area contributed by atoms with Crippen molar-refractivity contribution >= 4 is 21.0 Å². The Hall–Kier alpha value is -2.26. The number of ether oxygens (including phenoxy) is 1. The predicted octanol–water partition coefficient (Wildman–Crippen LogP) is 4.29. The molecule has 3 heterocycles. The van der Waals surface area contributed by atoms with Crippen LogP contribution in [0.15, 0.2) is 58.1 Å². The van der Waals surface area contributed by atoms with Crippen molar-refractivity contribution in [1.29, 1.82) is 0 Å². The molecule has 8 heteroatoms. The first-order chi connectivity index (χ1) is 15.6. The molecule has 0 saturated carbocycles. The summed E-state index contributed by atoms with van der Waals surface area (Å²) >= 11 is 0. The number of rotatable bonds is 10. The molecule has 1 aliphatic rings. The second-order valence-corrected chi connectivity index (χ2v) is 10.3. The number of pyridine rings is 1. The molecule has 32 heavy (non-hydrogen) atoms. The molecule has 2 aromatic heterocycles. The summed E-state index contributed by atoms with van der Waals surface area (Å²) in [5.41, 5.74) is 1.75. The highest BCUT2D eigenvalue weighted by Crippen LogP contribution is 2.26. The minimum absolute atomic E-state index is 0.363. The first-order valence-electron chi connectivity index (χ1n) is 11.3. The van der Waals surface area contributed by atoms with E-state index in [1.807, 2.05) is 24.3 Å². The number of hydrogen-bond acceptors (Lipinski definition) is 6. The Morgan fingerprint density at radius 2 is 2.09 bits per heavy atom. The topological polar surface area (TPSA) is 84.7 Å². The second-order valence-electron chi connectivity index (χ2n) is 8.35. The Kier molecular flexibility index (Phi) is 7.57. The van der Waals surface area contributed by atoms with Gasteiger partial charge in [0.1, 0.15) is 12.4 Å². The average molecular weight is 458 g/mol. The molecular formula is C24H31N3O4S. The zero-order valence-electron chi connectivity index (χ0n) is 18.5. The Morgan fingerprint density at radius 1 is 1.25 bits per heavy atom. The minimum Gasteiger partial charge on any atom is -0.457 e. The normalized spacial score (nSPS) is 17.7. The van der Waals surface area contributed by atoms with Gasteiger partial charge in [-0.3, -0.25) is 10.3 Å². The van der Waals surface area contributed by atoms with E-state index in [-0.39, 0.29) is 0 Å². The van der Waals surface area contributed by atoms with Crippen molar-refractivity contribution in [2.75, 3.05) is 19.8 Å². The number of hydrogen-bond donors (Lipinski definition) is 1. The van der Waals surface area contributed by atoms with Gasteiger partial charge in [-0.25, -0.2) is 8.42 Å². The van der Waals surface area contributed by atoms with Gasteiger partial charge >= 0.3 is 0 Å². The highest BCUT2D eigenvalue weighted by molar-refractivity contribution is 7.89. The monoisotopic (exact) mass is 457 g/mol. The first-order valence-corrected chi connectivity index (χ1v) is 12.7. The van der Waals surface area contributed by atoms with E-state index in [0.717, 1.165) is 48.0 Å². The highest BCUT2D eigenvalue weighted by atomic mass is 32.2. The fourth-order valence-corrected chi connectivity index (χ4v) is 5.80. The molecule has 1 atom stereocenters. The van der Waals surface area contributed by atoms with Crippen LogP contribution in [0.3, 0.4) is 0 Å². The second kappa shape index (κ2) is 10.6. The molecule has 0 radical (unpaired) electrons. The third-order valence-electron chi connectivity index (χ3n) is 5.89. The molecule has 172 valence electrons. The Bertz CT molecular complexity index is 1080. The van der Waals surface area contributed by atoms with Crippen LogP contribution in [0.1, 0.15) is 43.9 Å². The van der Waals surface area contributed by atoms with Gasteiger partial charge in [0.15, 0.2) is 5.58 Å². The SMILES string of the molecule is CCCC1CCCN(S(=O)(=O)c2ccc(CNCOCc3cc4ccncc4o3)cc2)C1. The molecule has 1 aliphatic heterocycles. The van der Waals surface area contributed by atoms with E-state index in [2.05, 4.69) is 17.2 Å². The van der Waals surface area contributed by atoms with Crippen molar-refractivity contribution in [1.82, 2.24) is 14.6 Å². The van der Waals surface area contributed by atoms with Gasteiger partial charge in [-0.05, 0) is 55.0 Å². The molecule has 0 bridgehead atoms. The van der Waals surface area contributed by atoms with Crippen LogP contribution in [0.5, 0.6) is 0 Å². The summed E-state index contributed by atoms with van der Waals surface area (Å²) in [5, 5.41) is 4.22. The van der Waals surface area contributed by atoms with Crippen molar-refractivity contribution in [2.24, 2.45) is 5.92 Å². The number of piperidine rings is 1. The van der Waals surface area contributed by atoms with Crippen molar-refractivity contribution in [2.45, 2.75) is 50.7 Å². The van der Waals surface area contributed by atoms with Crippen LogP contribution in [0, 0.1) is 5.92 Å². The summed E-state index contributed by atoms with van der Waals surface area (Å²) in [6.45, 7) is 4.73. The van der Waals surface area contributed by atoms with Crippen LogP contribution in [-0.2, 0) is 27.9 Å². The lowest BCUT2D eigenvalue weighted by atomic mass is 9.95. The molecule has 1 fully saturated rings. The fraction of sp³-hybridized carbons (Fsp3) is 0.458. The van der Waals surface area contributed by atoms with E-state index in [1.54, 1.807) is 28.8 Å². The number of furan rings is 1. The van der Waals surface area contributed by atoms with Crippen LogP contribution >= 0.6 is 0 Å². The van der Waals surface area contributed by atoms with Crippen molar-refractivity contribution in [3.8, 4) is 0 Å². The third-order valence-corrected chi connectivity index (χ3v) is 7.77. The van der Waals surface area contributed by atoms with Gasteiger partial charge in [0.2, 0.25) is 10.0 Å². The smallest absolute Gasteiger partial charge is 0.243 e. The molecule has 3 aromatic rings. The van der Waals surface area contributed by atoms with E-state index < -0.39 is 10.0 Å². The van der Waals surface area contributed by atoms with Gasteiger partial charge in [-0.1, -0.05) is 25.5 Å². The standard InChI is InChI=1S/C24H31N3O4S/c1-2-4-20-5-3-12-27(16-20)32(28,29)23-8-6-19(7-9-23)14-26-18-30-17-22-13-21-10-11-25-15-24(21)31-22/h6-11,13,15,20,26H,2-5,12,14,16-18H2,1H3. The van der Waals surface area contributed by atoms with Gasteiger partial charge in [0, 0.05) is 31.2 Å². The van der Waals surface area contributed by atoms with Crippen molar-refractivity contribution in [3.63, 3.8) is 0 Å². The summed E-state index contributed by atoms with van der Waals surface area (Å²) in [4.78, 5) is 4.41. The van der Waals surface area contributed by atoms with E-state index >= 15 is 0 Å². The lowest BCUT2D eigenvalue weighted by Gasteiger charge is -2.31. The van der Waals surface area contributed by atoms with Crippen molar-refractivity contribution < 1.29 is 17.6 Å². The Balaban J connectivity index is 1.24. The molecule has 1 unspecified atom stereocenters. The molecule has 0 aliphatic carbocycles. The molecule has 7 nitrogen and oxygen atoms in total. The van der Waals surface area contributed by atoms with Crippen LogP contribution in [0.2, 0.25) is 0 Å². The number of nitrogens with one attached hydrogen (secondary N) is 1. The average Bonchev–Trinajstić information content (AvgIpc) is 3.22. The maximum absolute atomic E-state index is 13.0. The van der Waals surface area contributed by atoms with Crippen LogP contribution in [0.25, 0.3) is 11.0 Å². The molecule has 4 rings (SSSR count). The van der Waals surface area contributed by atoms with E-state index in [4.69, 9.17) is 9.15 Å². The zero-order chi connectivity index (χ0) is 22.4. The quantitative estimate of drug-likeness (QED) is 0.361. The molecule has 1 aromatic carbocycles. The first kappa shape index (κ1) is 22.9. The number of benzene rings is 1. The summed E-state index contributed by atoms with van der Waals surface area (Å²) in [7, 11) is -3.43. The van der Waals surface area contributed by atoms with Crippen LogP contribution < -0.4 is 5.32 Å². The highest BCUT2D eigenvalue weighted by Gasteiger charge is 2.29. The number of nitrogens with zero attached hydrogens (tertiary/aromatic N) is 2. The number of aromatic nitrogens is 1. The Morgan fingerprint density at radius 3 is 2.88 bits per heavy atom. The summed E-state index contributed by atoms with van der Waals surface area (Å²) in [6.07, 6.45) is 7.68. The van der Waals surface area contributed by atoms with Crippen LogP contribution in [-0.4, -0.2) is 37.5 Å². The molecule has 0 spiro atoms. The zero-order valence-corrected chi connectivity index (χ0v) is 19.3. The number of fused-ring (bicyclic) bond motifs is 1. The van der Waals surface area contributed by atoms with Gasteiger partial charge in [-0.15, -0.1) is 0 Å². The van der Waals surface area contributed by atoms with Gasteiger partial charge in [-0.2, -0.15) is 4.31 Å². The maximum atomic E-state index is 13.0. The van der Waals surface area contributed by atoms with Crippen molar-refractivity contribution in [3.05, 3.63) is 60.1 Å². The largest absolute Gasteiger partial charge is 0.457 e. The van der Waals surface area contributed by atoms with E-state index in [1.165, 1.54) is 0 Å². The lowest BCUT2D eigenvalue weighted by molar-refractivity contribution is 0.0904. The third kappa shape index (κ3) is 5.56. The predicted molar refractivity (Wildman–Crippen MR) is 123 cm³/mol. The van der Waals surface area contributed by atoms with Crippen LogP contribution in [0.4, 0.5) is 0 Å². The molecule has 1 saturated heterocycles.